The van der Waals surface area contributed by atoms with Crippen LogP contribution < -0.4 is 10.5 Å². The Morgan fingerprint density at radius 1 is 1.28 bits per heavy atom. The van der Waals surface area contributed by atoms with E-state index in [9.17, 15) is 13.2 Å². The Morgan fingerprint density at radius 3 is 2.44 bits per heavy atom. The number of piperazine rings is 1. The molecule has 2 aliphatic rings. The first-order valence-corrected chi connectivity index (χ1v) is 7.38. The van der Waals surface area contributed by atoms with E-state index < -0.39 is 16.3 Å². The average molecular weight is 278 g/mol. The molecule has 9 heteroatoms. The zero-order valence-corrected chi connectivity index (χ0v) is 10.9. The molecule has 0 radical (unpaired) electrons. The largest absolute Gasteiger partial charge is 0.366 e. The predicted molar refractivity (Wildman–Crippen MR) is 63.9 cm³/mol. The number of carbonyl (C=O) groups excluding carboxylic acids is 1. The number of carbonyl (C=O) groups is 1. The monoisotopic (exact) mass is 278 g/mol. The molecule has 0 spiro atoms. The number of morpholine rings is 1. The van der Waals surface area contributed by atoms with Gasteiger partial charge in [0.25, 0.3) is 16.1 Å². The molecule has 8 nitrogen and oxygen atoms in total. The Kier molecular flexibility index (Phi) is 4.17. The van der Waals surface area contributed by atoms with Crippen LogP contribution >= 0.6 is 0 Å². The Bertz CT molecular complexity index is 399. The number of hydrogen-bond donors (Lipinski definition) is 2. The molecule has 2 fully saturated rings. The van der Waals surface area contributed by atoms with Crippen LogP contribution in [0.2, 0.25) is 0 Å². The molecule has 104 valence electrons. The van der Waals surface area contributed by atoms with E-state index in [0.717, 1.165) is 6.54 Å². The molecule has 2 rings (SSSR count). The van der Waals surface area contributed by atoms with E-state index in [2.05, 4.69) is 5.32 Å². The number of rotatable bonds is 2. The van der Waals surface area contributed by atoms with Crippen LogP contribution in [0.5, 0.6) is 0 Å². The Labute approximate surface area is 106 Å². The van der Waals surface area contributed by atoms with Crippen LogP contribution in [0.1, 0.15) is 0 Å². The van der Waals surface area contributed by atoms with Crippen molar-refractivity contribution in [3.8, 4) is 0 Å². The summed E-state index contributed by atoms with van der Waals surface area (Å²) in [6.45, 7) is 2.98. The van der Waals surface area contributed by atoms with Crippen LogP contribution in [0.4, 0.5) is 0 Å². The van der Waals surface area contributed by atoms with Crippen LogP contribution in [0.25, 0.3) is 0 Å². The van der Waals surface area contributed by atoms with E-state index in [1.165, 1.54) is 4.31 Å². The summed E-state index contributed by atoms with van der Waals surface area (Å²) in [6, 6.07) is 0. The number of ether oxygens (including phenoxy) is 1. The number of nitrogens with zero attached hydrogens (tertiary/aromatic N) is 2. The third-order valence-corrected chi connectivity index (χ3v) is 4.20. The number of nitrogens with one attached hydrogen (secondary N) is 1. The van der Waals surface area contributed by atoms with Gasteiger partial charge in [0, 0.05) is 39.3 Å². The van der Waals surface area contributed by atoms with E-state index in [1.54, 1.807) is 4.90 Å². The smallest absolute Gasteiger partial charge is 0.277 e. The van der Waals surface area contributed by atoms with Gasteiger partial charge in [0.15, 0.2) is 0 Å². The van der Waals surface area contributed by atoms with Gasteiger partial charge >= 0.3 is 0 Å². The molecule has 2 saturated heterocycles. The molecule has 2 heterocycles. The van der Waals surface area contributed by atoms with Crippen molar-refractivity contribution in [3.05, 3.63) is 0 Å². The SMILES string of the molecule is NS(=O)(=O)N1CCN(C(=O)C2CNCCO2)CC1. The van der Waals surface area contributed by atoms with Gasteiger partial charge in [0.1, 0.15) is 6.10 Å². The summed E-state index contributed by atoms with van der Waals surface area (Å²) in [7, 11) is -3.65. The first-order chi connectivity index (χ1) is 8.48. The van der Waals surface area contributed by atoms with Crippen molar-refractivity contribution in [1.82, 2.24) is 14.5 Å². The predicted octanol–water partition coefficient (Wildman–Crippen LogP) is -2.68. The molecular formula is C9H18N4O4S. The van der Waals surface area contributed by atoms with Crippen molar-refractivity contribution in [3.63, 3.8) is 0 Å². The maximum atomic E-state index is 12.1. The van der Waals surface area contributed by atoms with Crippen molar-refractivity contribution in [2.75, 3.05) is 45.9 Å². The second kappa shape index (κ2) is 5.49. The van der Waals surface area contributed by atoms with Gasteiger partial charge in [0.2, 0.25) is 0 Å². The summed E-state index contributed by atoms with van der Waals surface area (Å²) in [5.41, 5.74) is 0. The van der Waals surface area contributed by atoms with E-state index in [0.29, 0.717) is 26.2 Å². The molecule has 1 unspecified atom stereocenters. The molecule has 18 heavy (non-hydrogen) atoms. The molecule has 1 atom stereocenters. The highest BCUT2D eigenvalue weighted by atomic mass is 32.2. The number of amides is 1. The average Bonchev–Trinajstić information content (AvgIpc) is 2.38. The highest BCUT2D eigenvalue weighted by Gasteiger charge is 2.31. The Hall–Kier alpha value is -0.740. The van der Waals surface area contributed by atoms with Crippen molar-refractivity contribution < 1.29 is 17.9 Å². The summed E-state index contributed by atoms with van der Waals surface area (Å²) in [5, 5.41) is 8.12. The van der Waals surface area contributed by atoms with Crippen molar-refractivity contribution >= 4 is 16.1 Å². The van der Waals surface area contributed by atoms with Gasteiger partial charge in [-0.1, -0.05) is 0 Å². The summed E-state index contributed by atoms with van der Waals surface area (Å²) < 4.78 is 28.8. The lowest BCUT2D eigenvalue weighted by atomic mass is 10.2. The molecule has 0 bridgehead atoms. The standard InChI is InChI=1S/C9H18N4O4S/c10-18(15,16)13-4-2-12(3-5-13)9(14)8-7-11-1-6-17-8/h8,11H,1-7H2,(H2,10,15,16). The minimum atomic E-state index is -3.65. The van der Waals surface area contributed by atoms with E-state index in [4.69, 9.17) is 9.88 Å². The lowest BCUT2D eigenvalue weighted by Gasteiger charge is -2.35. The minimum absolute atomic E-state index is 0.0868. The van der Waals surface area contributed by atoms with Gasteiger partial charge in [-0.15, -0.1) is 0 Å². The molecule has 0 aromatic carbocycles. The quantitative estimate of drug-likeness (QED) is 0.573. The second-order valence-electron chi connectivity index (χ2n) is 4.33. The van der Waals surface area contributed by atoms with E-state index in [-0.39, 0.29) is 19.0 Å². The normalized spacial score (nSPS) is 27.2. The lowest BCUT2D eigenvalue weighted by molar-refractivity contribution is -0.146. The van der Waals surface area contributed by atoms with Gasteiger partial charge in [-0.05, 0) is 0 Å². The van der Waals surface area contributed by atoms with Crippen LogP contribution in [0.3, 0.4) is 0 Å². The second-order valence-corrected chi connectivity index (χ2v) is 5.88. The molecule has 0 aromatic rings. The molecule has 1 amide bonds. The summed E-state index contributed by atoms with van der Waals surface area (Å²) in [6.07, 6.45) is -0.459. The molecular weight excluding hydrogens is 260 g/mol. The molecule has 0 saturated carbocycles. The van der Waals surface area contributed by atoms with Gasteiger partial charge in [0.05, 0.1) is 6.61 Å². The summed E-state index contributed by atoms with van der Waals surface area (Å²) >= 11 is 0. The van der Waals surface area contributed by atoms with Crippen LogP contribution in [0, 0.1) is 0 Å². The molecule has 0 aromatic heterocycles. The summed E-state index contributed by atoms with van der Waals surface area (Å²) in [5.74, 6) is -0.0868. The van der Waals surface area contributed by atoms with Crippen molar-refractivity contribution in [1.29, 1.82) is 0 Å². The zero-order chi connectivity index (χ0) is 13.2. The van der Waals surface area contributed by atoms with Crippen molar-refractivity contribution in [2.45, 2.75) is 6.10 Å². The maximum absolute atomic E-state index is 12.1. The maximum Gasteiger partial charge on any atom is 0.277 e. The topological polar surface area (TPSA) is 105 Å². The van der Waals surface area contributed by atoms with Crippen LogP contribution in [-0.4, -0.2) is 75.5 Å². The van der Waals surface area contributed by atoms with E-state index in [1.807, 2.05) is 0 Å². The fourth-order valence-electron chi connectivity index (χ4n) is 2.09. The number of nitrogens with two attached hydrogens (primary N) is 1. The molecule has 0 aliphatic carbocycles. The van der Waals surface area contributed by atoms with Crippen LogP contribution in [0.15, 0.2) is 0 Å². The van der Waals surface area contributed by atoms with E-state index >= 15 is 0 Å². The van der Waals surface area contributed by atoms with Gasteiger partial charge in [-0.25, -0.2) is 5.14 Å². The number of hydrogen-bond acceptors (Lipinski definition) is 5. The fraction of sp³-hybridized carbons (Fsp3) is 0.889. The third kappa shape index (κ3) is 3.18. The van der Waals surface area contributed by atoms with Crippen LogP contribution in [-0.2, 0) is 19.7 Å². The Morgan fingerprint density at radius 2 is 1.94 bits per heavy atom. The van der Waals surface area contributed by atoms with Crippen molar-refractivity contribution in [2.24, 2.45) is 5.14 Å². The molecule has 2 aliphatic heterocycles. The summed E-state index contributed by atoms with van der Waals surface area (Å²) in [4.78, 5) is 13.7. The first-order valence-electron chi connectivity index (χ1n) is 5.87. The molecule has 3 N–H and O–H groups in total. The fourth-order valence-corrected chi connectivity index (χ4v) is 2.76. The minimum Gasteiger partial charge on any atom is -0.366 e. The lowest BCUT2D eigenvalue weighted by Crippen LogP contribution is -2.56. The van der Waals surface area contributed by atoms with Gasteiger partial charge in [-0.2, -0.15) is 12.7 Å². The zero-order valence-electron chi connectivity index (χ0n) is 10.0. The first kappa shape index (κ1) is 13.7. The van der Waals surface area contributed by atoms with Gasteiger partial charge < -0.3 is 15.0 Å². The third-order valence-electron chi connectivity index (χ3n) is 3.11. The highest BCUT2D eigenvalue weighted by Crippen LogP contribution is 2.08. The highest BCUT2D eigenvalue weighted by molar-refractivity contribution is 7.86. The van der Waals surface area contributed by atoms with Gasteiger partial charge in [-0.3, -0.25) is 4.79 Å². The Balaban J connectivity index is 1.87.